The van der Waals surface area contributed by atoms with Crippen LogP contribution in [0.4, 0.5) is 5.69 Å². The van der Waals surface area contributed by atoms with E-state index in [2.05, 4.69) is 20.9 Å². The van der Waals surface area contributed by atoms with Gasteiger partial charge < -0.3 is 20.9 Å². The summed E-state index contributed by atoms with van der Waals surface area (Å²) in [6.07, 6.45) is 0.521. The zero-order chi connectivity index (χ0) is 20.1. The molecule has 28 heavy (non-hydrogen) atoms. The second kappa shape index (κ2) is 9.30. The van der Waals surface area contributed by atoms with E-state index in [1.807, 2.05) is 26.0 Å². The van der Waals surface area contributed by atoms with Gasteiger partial charge in [-0.15, -0.1) is 0 Å². The van der Waals surface area contributed by atoms with Gasteiger partial charge in [0.15, 0.2) is 11.6 Å². The molecule has 1 aromatic rings. The average molecular weight is 386 g/mol. The highest BCUT2D eigenvalue weighted by Crippen LogP contribution is 2.18. The van der Waals surface area contributed by atoms with Crippen molar-refractivity contribution in [1.29, 1.82) is 0 Å². The number of piperazine rings is 1. The quantitative estimate of drug-likeness (QED) is 0.595. The summed E-state index contributed by atoms with van der Waals surface area (Å²) in [5.74, 6) is -0.972. The summed E-state index contributed by atoms with van der Waals surface area (Å²) in [5.41, 5.74) is 1.62. The van der Waals surface area contributed by atoms with Gasteiger partial charge in [-0.25, -0.2) is 0 Å². The smallest absolute Gasteiger partial charge is 0.251 e. The van der Waals surface area contributed by atoms with Crippen molar-refractivity contribution >= 4 is 23.2 Å². The first-order chi connectivity index (χ1) is 13.5. The van der Waals surface area contributed by atoms with Crippen LogP contribution in [0.3, 0.4) is 0 Å². The number of anilines is 1. The Morgan fingerprint density at radius 2 is 1.82 bits per heavy atom. The molecule has 3 N–H and O–H groups in total. The van der Waals surface area contributed by atoms with Crippen LogP contribution in [-0.2, 0) is 9.59 Å². The van der Waals surface area contributed by atoms with Crippen LogP contribution in [0.25, 0.3) is 0 Å². The lowest BCUT2D eigenvalue weighted by Crippen LogP contribution is -2.46. The molecule has 2 heterocycles. The molecule has 1 aromatic carbocycles. The lowest BCUT2D eigenvalue weighted by molar-refractivity contribution is -0.131. The van der Waals surface area contributed by atoms with Gasteiger partial charge in [-0.2, -0.15) is 0 Å². The molecule has 7 heteroatoms. The van der Waals surface area contributed by atoms with Crippen molar-refractivity contribution in [3.8, 4) is 0 Å². The standard InChI is InChI=1S/C21H30N4O3/c1-14(2)11-18(20(27)17-12-23-13-19(17)26)24-21(28)15-3-5-16(6-4-15)25-9-7-22-8-10-25/h3-6,14,17-18,22-23H,7-13H2,1-2H3,(H,24,28). The molecule has 2 aliphatic heterocycles. The van der Waals surface area contributed by atoms with Crippen molar-refractivity contribution in [3.05, 3.63) is 29.8 Å². The number of hydrogen-bond donors (Lipinski definition) is 3. The van der Waals surface area contributed by atoms with E-state index in [9.17, 15) is 14.4 Å². The molecule has 7 nitrogen and oxygen atoms in total. The minimum absolute atomic E-state index is 0.0895. The Balaban J connectivity index is 1.67. The van der Waals surface area contributed by atoms with Crippen LogP contribution in [0.5, 0.6) is 0 Å². The zero-order valence-corrected chi connectivity index (χ0v) is 16.7. The third-order valence-electron chi connectivity index (χ3n) is 5.35. The normalized spacial score (nSPS) is 21.0. The number of benzene rings is 1. The third kappa shape index (κ3) is 4.97. The third-order valence-corrected chi connectivity index (χ3v) is 5.35. The summed E-state index contributed by atoms with van der Waals surface area (Å²) < 4.78 is 0. The summed E-state index contributed by atoms with van der Waals surface area (Å²) in [7, 11) is 0. The first-order valence-electron chi connectivity index (χ1n) is 10.1. The SMILES string of the molecule is CC(C)CC(NC(=O)c1ccc(N2CCNCC2)cc1)C(=O)C1CNCC1=O. The number of hydrogen-bond acceptors (Lipinski definition) is 6. The number of carbonyl (C=O) groups is 3. The monoisotopic (exact) mass is 386 g/mol. The Morgan fingerprint density at radius 1 is 1.14 bits per heavy atom. The van der Waals surface area contributed by atoms with E-state index in [1.165, 1.54) is 0 Å². The van der Waals surface area contributed by atoms with Gasteiger partial charge in [-0.1, -0.05) is 13.8 Å². The minimum Gasteiger partial charge on any atom is -0.369 e. The Hall–Kier alpha value is -2.25. The highest BCUT2D eigenvalue weighted by atomic mass is 16.2. The predicted molar refractivity (Wildman–Crippen MR) is 109 cm³/mol. The van der Waals surface area contributed by atoms with Crippen molar-refractivity contribution in [2.45, 2.75) is 26.3 Å². The van der Waals surface area contributed by atoms with E-state index >= 15 is 0 Å². The van der Waals surface area contributed by atoms with Crippen molar-refractivity contribution in [3.63, 3.8) is 0 Å². The van der Waals surface area contributed by atoms with Crippen LogP contribution >= 0.6 is 0 Å². The Kier molecular flexibility index (Phi) is 6.80. The highest BCUT2D eigenvalue weighted by molar-refractivity contribution is 6.08. The molecule has 3 rings (SSSR count). The van der Waals surface area contributed by atoms with Crippen LogP contribution in [0.2, 0.25) is 0 Å². The summed E-state index contributed by atoms with van der Waals surface area (Å²) in [4.78, 5) is 39.8. The zero-order valence-electron chi connectivity index (χ0n) is 16.7. The molecule has 2 unspecified atom stereocenters. The summed E-state index contributed by atoms with van der Waals surface area (Å²) in [6.45, 7) is 8.40. The fourth-order valence-electron chi connectivity index (χ4n) is 3.78. The maximum Gasteiger partial charge on any atom is 0.251 e. The summed E-state index contributed by atoms with van der Waals surface area (Å²) >= 11 is 0. The second-order valence-corrected chi connectivity index (χ2v) is 7.99. The largest absolute Gasteiger partial charge is 0.369 e. The highest BCUT2D eigenvalue weighted by Gasteiger charge is 2.36. The topological polar surface area (TPSA) is 90.5 Å². The minimum atomic E-state index is -0.654. The molecule has 2 fully saturated rings. The molecular formula is C21H30N4O3. The number of ketones is 2. The molecule has 0 bridgehead atoms. The Morgan fingerprint density at radius 3 is 2.39 bits per heavy atom. The van der Waals surface area contributed by atoms with Gasteiger partial charge in [0, 0.05) is 44.0 Å². The van der Waals surface area contributed by atoms with Gasteiger partial charge in [0.05, 0.1) is 18.5 Å². The Bertz CT molecular complexity index is 711. The van der Waals surface area contributed by atoms with Gasteiger partial charge in [0.1, 0.15) is 0 Å². The van der Waals surface area contributed by atoms with Gasteiger partial charge in [0.25, 0.3) is 5.91 Å². The number of amides is 1. The van der Waals surface area contributed by atoms with E-state index in [4.69, 9.17) is 0 Å². The average Bonchev–Trinajstić information content (AvgIpc) is 3.13. The molecule has 0 aliphatic carbocycles. The number of Topliss-reactive ketones (excluding diaryl/α,β-unsaturated/α-hetero) is 2. The van der Waals surface area contributed by atoms with Crippen LogP contribution in [-0.4, -0.2) is 62.8 Å². The van der Waals surface area contributed by atoms with E-state index in [1.54, 1.807) is 12.1 Å². The molecule has 0 saturated carbocycles. The van der Waals surface area contributed by atoms with Gasteiger partial charge >= 0.3 is 0 Å². The summed E-state index contributed by atoms with van der Waals surface area (Å²) in [5, 5.41) is 9.13. The molecular weight excluding hydrogens is 356 g/mol. The van der Waals surface area contributed by atoms with E-state index in [0.717, 1.165) is 31.9 Å². The maximum atomic E-state index is 12.8. The number of nitrogens with zero attached hydrogens (tertiary/aromatic N) is 1. The molecule has 2 aliphatic rings. The van der Waals surface area contributed by atoms with Crippen LogP contribution in [0, 0.1) is 11.8 Å². The number of nitrogens with one attached hydrogen (secondary N) is 3. The van der Waals surface area contributed by atoms with Crippen LogP contribution in [0.15, 0.2) is 24.3 Å². The van der Waals surface area contributed by atoms with Gasteiger partial charge in [-0.3, -0.25) is 14.4 Å². The molecule has 0 spiro atoms. The van der Waals surface area contributed by atoms with Crippen molar-refractivity contribution in [2.75, 3.05) is 44.2 Å². The van der Waals surface area contributed by atoms with Crippen LogP contribution in [0.1, 0.15) is 30.6 Å². The first-order valence-corrected chi connectivity index (χ1v) is 10.1. The molecule has 0 aromatic heterocycles. The number of rotatable bonds is 7. The number of carbonyl (C=O) groups excluding carboxylic acids is 3. The predicted octanol–water partition coefficient (Wildman–Crippen LogP) is 0.598. The fraction of sp³-hybridized carbons (Fsp3) is 0.571. The van der Waals surface area contributed by atoms with E-state index in [0.29, 0.717) is 18.5 Å². The first kappa shape index (κ1) is 20.5. The fourth-order valence-corrected chi connectivity index (χ4v) is 3.78. The molecule has 2 saturated heterocycles. The van der Waals surface area contributed by atoms with Gasteiger partial charge in [0.2, 0.25) is 0 Å². The lowest BCUT2D eigenvalue weighted by Gasteiger charge is -2.29. The molecule has 0 radical (unpaired) electrons. The Labute approximate surface area is 166 Å². The maximum absolute atomic E-state index is 12.8. The second-order valence-electron chi connectivity index (χ2n) is 7.99. The van der Waals surface area contributed by atoms with Gasteiger partial charge in [-0.05, 0) is 36.6 Å². The van der Waals surface area contributed by atoms with E-state index < -0.39 is 12.0 Å². The van der Waals surface area contributed by atoms with E-state index in [-0.39, 0.29) is 29.9 Å². The lowest BCUT2D eigenvalue weighted by atomic mass is 9.91. The van der Waals surface area contributed by atoms with Crippen molar-refractivity contribution in [1.82, 2.24) is 16.0 Å². The molecule has 152 valence electrons. The van der Waals surface area contributed by atoms with Crippen molar-refractivity contribution < 1.29 is 14.4 Å². The van der Waals surface area contributed by atoms with Crippen LogP contribution < -0.4 is 20.9 Å². The molecule has 2 atom stereocenters. The van der Waals surface area contributed by atoms with Crippen molar-refractivity contribution in [2.24, 2.45) is 11.8 Å². The summed E-state index contributed by atoms with van der Waals surface area (Å²) in [6, 6.07) is 6.85. The molecule has 1 amide bonds.